The Morgan fingerprint density at radius 1 is 0.700 bits per heavy atom. The second kappa shape index (κ2) is 7.62. The molecule has 6 heteroatoms. The minimum Gasteiger partial charge on any atom is -0.326 e. The predicted octanol–water partition coefficient (Wildman–Crippen LogP) is 2.85. The number of rotatable bonds is 2. The van der Waals surface area contributed by atoms with Gasteiger partial charge in [-0.05, 0) is 29.8 Å². The molecule has 108 valence electrons. The Kier molecular flexibility index (Phi) is 6.14. The summed E-state index contributed by atoms with van der Waals surface area (Å²) in [7, 11) is 0. The van der Waals surface area contributed by atoms with Crippen molar-refractivity contribution in [2.45, 2.75) is 13.1 Å². The van der Waals surface area contributed by atoms with Gasteiger partial charge in [-0.25, -0.2) is 17.6 Å². The van der Waals surface area contributed by atoms with Crippen molar-refractivity contribution in [3.05, 3.63) is 70.8 Å². The maximum Gasteiger partial charge on any atom is 0.159 e. The van der Waals surface area contributed by atoms with E-state index in [-0.39, 0.29) is 18.7 Å². The third-order valence-electron chi connectivity index (χ3n) is 2.49. The van der Waals surface area contributed by atoms with Crippen molar-refractivity contribution in [1.29, 1.82) is 0 Å². The molecule has 0 unspecified atom stereocenters. The smallest absolute Gasteiger partial charge is 0.159 e. The minimum atomic E-state index is -0.844. The minimum absolute atomic E-state index is 0.0532. The van der Waals surface area contributed by atoms with Gasteiger partial charge >= 0.3 is 0 Å². The molecule has 2 aromatic carbocycles. The first-order valence-electron chi connectivity index (χ1n) is 5.76. The van der Waals surface area contributed by atoms with E-state index in [9.17, 15) is 17.6 Å². The molecule has 0 radical (unpaired) electrons. The van der Waals surface area contributed by atoms with Gasteiger partial charge in [-0.2, -0.15) is 0 Å². The van der Waals surface area contributed by atoms with Crippen molar-refractivity contribution in [2.75, 3.05) is 0 Å². The number of hydrogen-bond donors (Lipinski definition) is 2. The first kappa shape index (κ1) is 16.1. The molecule has 0 aliphatic rings. The van der Waals surface area contributed by atoms with Gasteiger partial charge in [0.2, 0.25) is 0 Å². The van der Waals surface area contributed by atoms with Gasteiger partial charge in [-0.3, -0.25) is 0 Å². The average molecular weight is 286 g/mol. The van der Waals surface area contributed by atoms with Crippen LogP contribution < -0.4 is 11.5 Å². The standard InChI is InChI=1S/2C7H7F2N/c8-6-2-1-5(4-10)3-7(6)9;8-6-2-1-3-7(9)5(6)4-10/h2*1-3H,4,10H2. The molecule has 0 heterocycles. The average Bonchev–Trinajstić information content (AvgIpc) is 2.43. The number of halogens is 4. The van der Waals surface area contributed by atoms with Gasteiger partial charge in [-0.1, -0.05) is 12.1 Å². The normalized spacial score (nSPS) is 9.90. The Hall–Kier alpha value is -1.92. The molecule has 2 aromatic rings. The van der Waals surface area contributed by atoms with Crippen LogP contribution in [0, 0.1) is 23.3 Å². The second-order valence-electron chi connectivity index (χ2n) is 3.86. The van der Waals surface area contributed by atoms with Crippen LogP contribution in [0.2, 0.25) is 0 Å². The lowest BCUT2D eigenvalue weighted by atomic mass is 10.2. The van der Waals surface area contributed by atoms with Gasteiger partial charge in [0.15, 0.2) is 11.6 Å². The molecule has 0 aliphatic carbocycles. The monoisotopic (exact) mass is 286 g/mol. The highest BCUT2D eigenvalue weighted by Gasteiger charge is 2.04. The van der Waals surface area contributed by atoms with Crippen LogP contribution in [0.3, 0.4) is 0 Å². The quantitative estimate of drug-likeness (QED) is 0.834. The van der Waals surface area contributed by atoms with Crippen LogP contribution >= 0.6 is 0 Å². The zero-order valence-electron chi connectivity index (χ0n) is 10.5. The van der Waals surface area contributed by atoms with E-state index in [1.54, 1.807) is 0 Å². The maximum absolute atomic E-state index is 12.5. The van der Waals surface area contributed by atoms with Crippen LogP contribution in [0.1, 0.15) is 11.1 Å². The summed E-state index contributed by atoms with van der Waals surface area (Å²) in [4.78, 5) is 0. The summed E-state index contributed by atoms with van der Waals surface area (Å²) in [6, 6.07) is 7.30. The topological polar surface area (TPSA) is 52.0 Å². The summed E-state index contributed by atoms with van der Waals surface area (Å²) >= 11 is 0. The lowest BCUT2D eigenvalue weighted by Gasteiger charge is -1.98. The lowest BCUT2D eigenvalue weighted by molar-refractivity contribution is 0.507. The van der Waals surface area contributed by atoms with Crippen molar-refractivity contribution in [3.63, 3.8) is 0 Å². The molecule has 0 amide bonds. The third kappa shape index (κ3) is 4.32. The molecule has 2 nitrogen and oxygen atoms in total. The first-order chi connectivity index (χ1) is 9.49. The fourth-order valence-corrected chi connectivity index (χ4v) is 1.39. The molecule has 2 rings (SSSR count). The summed E-state index contributed by atoms with van der Waals surface area (Å²) in [5.41, 5.74) is 10.8. The first-order valence-corrected chi connectivity index (χ1v) is 5.76. The summed E-state index contributed by atoms with van der Waals surface area (Å²) in [5.74, 6) is -2.84. The lowest BCUT2D eigenvalue weighted by Crippen LogP contribution is -2.02. The van der Waals surface area contributed by atoms with E-state index in [1.807, 2.05) is 0 Å². The molecule has 0 fully saturated rings. The number of nitrogens with two attached hydrogens (primary N) is 2. The molecule has 0 aliphatic heterocycles. The van der Waals surface area contributed by atoms with Crippen LogP contribution in [0.4, 0.5) is 17.6 Å². The van der Waals surface area contributed by atoms with Gasteiger partial charge in [0.1, 0.15) is 11.6 Å². The molecule has 0 saturated carbocycles. The van der Waals surface area contributed by atoms with Crippen LogP contribution in [0.15, 0.2) is 36.4 Å². The molecular weight excluding hydrogens is 272 g/mol. The van der Waals surface area contributed by atoms with Crippen LogP contribution in [-0.2, 0) is 13.1 Å². The molecule has 0 bridgehead atoms. The molecule has 0 spiro atoms. The zero-order valence-corrected chi connectivity index (χ0v) is 10.5. The summed E-state index contributed by atoms with van der Waals surface area (Å²) in [5, 5.41) is 0. The van der Waals surface area contributed by atoms with Crippen molar-refractivity contribution >= 4 is 0 Å². The highest BCUT2D eigenvalue weighted by molar-refractivity contribution is 5.19. The zero-order chi connectivity index (χ0) is 15.1. The Balaban J connectivity index is 0.000000200. The Morgan fingerprint density at radius 3 is 1.70 bits per heavy atom. The maximum atomic E-state index is 12.5. The van der Waals surface area contributed by atoms with E-state index in [1.165, 1.54) is 24.3 Å². The van der Waals surface area contributed by atoms with Crippen LogP contribution in [-0.4, -0.2) is 0 Å². The number of benzene rings is 2. The van der Waals surface area contributed by atoms with Crippen molar-refractivity contribution in [2.24, 2.45) is 11.5 Å². The van der Waals surface area contributed by atoms with Gasteiger partial charge < -0.3 is 11.5 Å². The number of hydrogen-bond acceptors (Lipinski definition) is 2. The Morgan fingerprint density at radius 2 is 1.30 bits per heavy atom. The van der Waals surface area contributed by atoms with Gasteiger partial charge in [-0.15, -0.1) is 0 Å². The Labute approximate surface area is 114 Å². The van der Waals surface area contributed by atoms with E-state index >= 15 is 0 Å². The second-order valence-corrected chi connectivity index (χ2v) is 3.86. The van der Waals surface area contributed by atoms with E-state index in [0.717, 1.165) is 12.1 Å². The Bertz CT molecular complexity index is 553. The van der Waals surface area contributed by atoms with Crippen LogP contribution in [0.25, 0.3) is 0 Å². The van der Waals surface area contributed by atoms with E-state index < -0.39 is 23.3 Å². The molecule has 20 heavy (non-hydrogen) atoms. The van der Waals surface area contributed by atoms with Crippen molar-refractivity contribution in [3.8, 4) is 0 Å². The fraction of sp³-hybridized carbons (Fsp3) is 0.143. The largest absolute Gasteiger partial charge is 0.326 e. The van der Waals surface area contributed by atoms with E-state index in [0.29, 0.717) is 5.56 Å². The SMILES string of the molecule is NCc1c(F)cccc1F.NCc1ccc(F)c(F)c1. The van der Waals surface area contributed by atoms with E-state index in [4.69, 9.17) is 11.5 Å². The van der Waals surface area contributed by atoms with Crippen molar-refractivity contribution < 1.29 is 17.6 Å². The molecular formula is C14H14F4N2. The fourth-order valence-electron chi connectivity index (χ4n) is 1.39. The molecule has 4 N–H and O–H groups in total. The summed E-state index contributed by atoms with van der Waals surface area (Å²) in [6.07, 6.45) is 0. The third-order valence-corrected chi connectivity index (χ3v) is 2.49. The summed E-state index contributed by atoms with van der Waals surface area (Å²) < 4.78 is 49.6. The summed E-state index contributed by atoms with van der Waals surface area (Å²) in [6.45, 7) is 0.135. The predicted molar refractivity (Wildman–Crippen MR) is 68.5 cm³/mol. The van der Waals surface area contributed by atoms with Crippen molar-refractivity contribution in [1.82, 2.24) is 0 Å². The highest BCUT2D eigenvalue weighted by atomic mass is 19.2. The molecule has 0 atom stereocenters. The molecule has 0 saturated heterocycles. The van der Waals surface area contributed by atoms with E-state index in [2.05, 4.69) is 0 Å². The van der Waals surface area contributed by atoms with Gasteiger partial charge in [0.05, 0.1) is 0 Å². The highest BCUT2D eigenvalue weighted by Crippen LogP contribution is 2.10. The van der Waals surface area contributed by atoms with Gasteiger partial charge in [0, 0.05) is 18.7 Å². The van der Waals surface area contributed by atoms with Crippen LogP contribution in [0.5, 0.6) is 0 Å². The van der Waals surface area contributed by atoms with Gasteiger partial charge in [0.25, 0.3) is 0 Å². The molecule has 0 aromatic heterocycles.